The molecule has 40 heavy (non-hydrogen) atoms. The van der Waals surface area contributed by atoms with Crippen LogP contribution in [0.2, 0.25) is 0 Å². The number of hydrogen-bond acceptors (Lipinski definition) is 6. The number of nitrogens with zero attached hydrogens (tertiary/aromatic N) is 2. The van der Waals surface area contributed by atoms with Crippen molar-refractivity contribution in [3.8, 4) is 11.5 Å². The van der Waals surface area contributed by atoms with Gasteiger partial charge in [0.1, 0.15) is 0 Å². The zero-order chi connectivity index (χ0) is 28.5. The molecule has 0 unspecified atom stereocenters. The summed E-state index contributed by atoms with van der Waals surface area (Å²) in [6, 6.07) is 31.3. The fraction of sp³-hybridized carbons (Fsp3) is 0.0769. The number of halogens is 6. The molecule has 1 heterocycles. The van der Waals surface area contributed by atoms with E-state index in [4.69, 9.17) is 54.4 Å². The van der Waals surface area contributed by atoms with Crippen LogP contribution in [0.4, 0.5) is 31.5 Å². The number of para-hydroxylation sites is 2. The van der Waals surface area contributed by atoms with Crippen LogP contribution >= 0.6 is 56.5 Å². The number of alkyl halides is 2. The van der Waals surface area contributed by atoms with Crippen molar-refractivity contribution in [3.05, 3.63) is 109 Å². The molecule has 0 amide bonds. The molecule has 0 atom stereocenters. The van der Waals surface area contributed by atoms with E-state index >= 15 is 0 Å². The average Bonchev–Trinajstić information content (AvgIpc) is 2.91. The summed E-state index contributed by atoms with van der Waals surface area (Å²) in [5, 5.41) is 6.63. The first-order valence-electron chi connectivity index (χ1n) is 11.9. The molecular formula is C26H24Cl4F2N4O2P2. The second-order valence-corrected chi connectivity index (χ2v) is 23.4. The molecule has 5 rings (SSSR count). The summed E-state index contributed by atoms with van der Waals surface area (Å²) in [6.45, 7) is -1.92. The van der Waals surface area contributed by atoms with Crippen LogP contribution in [0.25, 0.3) is 0 Å². The Hall–Kier alpha value is -2.44. The summed E-state index contributed by atoms with van der Waals surface area (Å²) in [6.07, 6.45) is 0. The molecule has 1 aliphatic rings. The number of anilines is 4. The van der Waals surface area contributed by atoms with E-state index in [2.05, 4.69) is 10.2 Å². The van der Waals surface area contributed by atoms with Gasteiger partial charge in [-0.05, 0) is 0 Å². The first-order chi connectivity index (χ1) is 19.1. The minimum absolute atomic E-state index is 0.338. The maximum absolute atomic E-state index is 12.7. The fourth-order valence-electron chi connectivity index (χ4n) is 4.55. The molecule has 0 spiro atoms. The molecule has 1 saturated heterocycles. The zero-order valence-corrected chi connectivity index (χ0v) is 25.5. The van der Waals surface area contributed by atoms with Crippen molar-refractivity contribution in [3.63, 3.8) is 0 Å². The standard InChI is InChI=1S/C26H24Cl4F2N4O2P2/c27-39(28,33-21-11-15-25(16-12-21)37-19-31)35(23-7-3-1-4-8-23)40(29,30,36(39)24-9-5-2-6-10-24)34-22-13-17-26(18-14-22)38-20-32/h1-18,33-34H,19-20H2. The van der Waals surface area contributed by atoms with Gasteiger partial charge in [0.15, 0.2) is 0 Å². The molecule has 0 radical (unpaired) electrons. The van der Waals surface area contributed by atoms with Gasteiger partial charge in [-0.15, -0.1) is 0 Å². The van der Waals surface area contributed by atoms with E-state index in [1.54, 1.807) is 81.7 Å². The molecule has 6 nitrogen and oxygen atoms in total. The second kappa shape index (κ2) is 10.8. The Morgan fingerprint density at radius 1 is 0.525 bits per heavy atom. The van der Waals surface area contributed by atoms with Crippen LogP contribution in [-0.4, -0.2) is 13.7 Å². The molecule has 0 bridgehead atoms. The predicted octanol–water partition coefficient (Wildman–Crippen LogP) is 11.1. The van der Waals surface area contributed by atoms with Gasteiger partial charge in [-0.3, -0.25) is 0 Å². The molecule has 0 aliphatic carbocycles. The second-order valence-electron chi connectivity index (χ2n) is 8.68. The quantitative estimate of drug-likeness (QED) is 0.164. The van der Waals surface area contributed by atoms with Crippen molar-refractivity contribution in [2.75, 3.05) is 32.8 Å². The van der Waals surface area contributed by atoms with Crippen molar-refractivity contribution in [1.82, 2.24) is 0 Å². The van der Waals surface area contributed by atoms with Gasteiger partial charge in [0, 0.05) is 0 Å². The molecule has 212 valence electrons. The van der Waals surface area contributed by atoms with Crippen LogP contribution in [0, 0.1) is 0 Å². The van der Waals surface area contributed by atoms with Gasteiger partial charge in [-0.1, -0.05) is 0 Å². The fourth-order valence-corrected chi connectivity index (χ4v) is 28.9. The van der Waals surface area contributed by atoms with Crippen LogP contribution in [0.1, 0.15) is 0 Å². The topological polar surface area (TPSA) is 49.0 Å². The van der Waals surface area contributed by atoms with Gasteiger partial charge < -0.3 is 0 Å². The van der Waals surface area contributed by atoms with Crippen molar-refractivity contribution >= 4 is 79.2 Å². The molecule has 2 N–H and O–H groups in total. The Kier molecular flexibility index (Phi) is 7.82. The number of nitrogens with one attached hydrogen (secondary N) is 2. The Bertz CT molecular complexity index is 1350. The van der Waals surface area contributed by atoms with E-state index in [-0.39, 0.29) is 0 Å². The third-order valence-electron chi connectivity index (χ3n) is 6.04. The third kappa shape index (κ3) is 5.07. The summed E-state index contributed by atoms with van der Waals surface area (Å²) in [5.74, 6) is -8.35. The Balaban J connectivity index is 1.67. The predicted molar refractivity (Wildman–Crippen MR) is 168 cm³/mol. The van der Waals surface area contributed by atoms with Crippen LogP contribution in [0.5, 0.6) is 11.5 Å². The summed E-state index contributed by atoms with van der Waals surface area (Å²) in [7, 11) is 0. The van der Waals surface area contributed by atoms with Gasteiger partial charge in [0.05, 0.1) is 0 Å². The van der Waals surface area contributed by atoms with Crippen molar-refractivity contribution in [1.29, 1.82) is 0 Å². The monoisotopic (exact) mass is 664 g/mol. The maximum atomic E-state index is 12.7. The molecule has 0 aromatic heterocycles. The van der Waals surface area contributed by atoms with Gasteiger partial charge >= 0.3 is 251 Å². The van der Waals surface area contributed by atoms with Gasteiger partial charge in [0.25, 0.3) is 0 Å². The van der Waals surface area contributed by atoms with Crippen LogP contribution < -0.4 is 28.5 Å². The molecule has 4 aromatic rings. The van der Waals surface area contributed by atoms with E-state index in [1.807, 2.05) is 36.4 Å². The minimum atomic E-state index is -4.51. The molecule has 0 saturated carbocycles. The summed E-state index contributed by atoms with van der Waals surface area (Å²) in [5.41, 5.74) is 2.18. The van der Waals surface area contributed by atoms with Gasteiger partial charge in [0.2, 0.25) is 0 Å². The molecule has 1 fully saturated rings. The molecule has 14 heteroatoms. The number of rotatable bonds is 10. The van der Waals surface area contributed by atoms with Crippen molar-refractivity contribution in [2.45, 2.75) is 0 Å². The van der Waals surface area contributed by atoms with Crippen LogP contribution in [-0.2, 0) is 0 Å². The van der Waals surface area contributed by atoms with E-state index in [0.717, 1.165) is 0 Å². The SMILES string of the molecule is FCOc1ccc(NP2(Cl)(Cl)N(c3ccccc3)P(Cl)(Cl)(Nc3ccc(OCF)cc3)N2c2ccccc2)cc1. The van der Waals surface area contributed by atoms with Crippen molar-refractivity contribution < 1.29 is 18.3 Å². The Morgan fingerprint density at radius 3 is 1.15 bits per heavy atom. The first kappa shape index (κ1) is 29.1. The Labute approximate surface area is 250 Å². The summed E-state index contributed by atoms with van der Waals surface area (Å²) < 4.78 is 38.5. The zero-order valence-electron chi connectivity index (χ0n) is 20.7. The first-order valence-corrected chi connectivity index (χ1v) is 19.8. The summed E-state index contributed by atoms with van der Waals surface area (Å²) >= 11 is 30.5. The molecule has 4 aromatic carbocycles. The molecule has 1 aliphatic heterocycles. The Morgan fingerprint density at radius 2 is 0.850 bits per heavy atom. The van der Waals surface area contributed by atoms with E-state index < -0.39 is 25.2 Å². The normalized spacial score (nSPS) is 19.9. The number of benzene rings is 4. The van der Waals surface area contributed by atoms with Crippen LogP contribution in [0.15, 0.2) is 109 Å². The van der Waals surface area contributed by atoms with E-state index in [9.17, 15) is 8.78 Å². The van der Waals surface area contributed by atoms with E-state index in [1.165, 1.54) is 0 Å². The third-order valence-corrected chi connectivity index (χ3v) is 22.2. The van der Waals surface area contributed by atoms with Gasteiger partial charge in [-0.2, -0.15) is 0 Å². The number of ether oxygens (including phenoxy) is 2. The summed E-state index contributed by atoms with van der Waals surface area (Å²) in [4.78, 5) is 0. The average molecular weight is 666 g/mol. The number of hydrogen-bond donors (Lipinski definition) is 2. The van der Waals surface area contributed by atoms with Gasteiger partial charge in [-0.25, -0.2) is 0 Å². The van der Waals surface area contributed by atoms with Crippen LogP contribution in [0.3, 0.4) is 0 Å². The van der Waals surface area contributed by atoms with E-state index in [0.29, 0.717) is 34.2 Å². The van der Waals surface area contributed by atoms with Crippen molar-refractivity contribution in [2.24, 2.45) is 0 Å². The molecular weight excluding hydrogens is 642 g/mol.